The first-order valence-corrected chi connectivity index (χ1v) is 12.5. The van der Waals surface area contributed by atoms with Gasteiger partial charge in [0.15, 0.2) is 5.82 Å². The number of benzene rings is 1. The normalized spacial score (nSPS) is 19.3. The number of halogens is 1. The molecule has 0 bridgehead atoms. The van der Waals surface area contributed by atoms with E-state index in [0.29, 0.717) is 46.2 Å². The molecule has 0 spiro atoms. The molecule has 10 heteroatoms. The van der Waals surface area contributed by atoms with E-state index in [1.54, 1.807) is 25.1 Å². The lowest BCUT2D eigenvalue weighted by Crippen LogP contribution is -2.37. The molecule has 0 saturated carbocycles. The average Bonchev–Trinajstić information content (AvgIpc) is 3.29. The van der Waals surface area contributed by atoms with Crippen LogP contribution in [0.3, 0.4) is 0 Å². The van der Waals surface area contributed by atoms with Crippen molar-refractivity contribution in [2.45, 2.75) is 19.1 Å². The molecule has 2 aliphatic heterocycles. The molecule has 0 aliphatic carbocycles. The van der Waals surface area contributed by atoms with Crippen molar-refractivity contribution in [2.24, 2.45) is 12.0 Å². The van der Waals surface area contributed by atoms with Gasteiger partial charge in [-0.25, -0.2) is 19.9 Å². The van der Waals surface area contributed by atoms with Crippen molar-refractivity contribution in [2.75, 3.05) is 33.4 Å². The molecule has 0 radical (unpaired) electrons. The minimum Gasteiger partial charge on any atom is -0.386 e. The van der Waals surface area contributed by atoms with Gasteiger partial charge < -0.3 is 24.2 Å². The van der Waals surface area contributed by atoms with Crippen LogP contribution in [0.4, 0.5) is 5.82 Å². The summed E-state index contributed by atoms with van der Waals surface area (Å²) in [6.07, 6.45) is 8.09. The number of fused-ring (bicyclic) bond motifs is 1. The van der Waals surface area contributed by atoms with Crippen LogP contribution in [0.2, 0.25) is 5.02 Å². The van der Waals surface area contributed by atoms with E-state index in [-0.39, 0.29) is 0 Å². The molecule has 2 aromatic heterocycles. The van der Waals surface area contributed by atoms with E-state index in [9.17, 15) is 5.11 Å². The Hall–Kier alpha value is -3.53. The van der Waals surface area contributed by atoms with E-state index < -0.39 is 12.1 Å². The first-order valence-electron chi connectivity index (χ1n) is 12.1. The van der Waals surface area contributed by atoms with Gasteiger partial charge in [0, 0.05) is 54.3 Å². The van der Waals surface area contributed by atoms with Crippen molar-refractivity contribution < 1.29 is 9.84 Å². The second kappa shape index (κ2) is 10.5. The van der Waals surface area contributed by atoms with Gasteiger partial charge in [0.2, 0.25) is 0 Å². The van der Waals surface area contributed by atoms with Gasteiger partial charge in [-0.05, 0) is 25.1 Å². The lowest BCUT2D eigenvalue weighted by atomic mass is 9.95. The fourth-order valence-corrected chi connectivity index (χ4v) is 5.03. The number of ether oxygens (including phenoxy) is 1. The van der Waals surface area contributed by atoms with Gasteiger partial charge in [-0.2, -0.15) is 0 Å². The number of aryl methyl sites for hydroxylation is 1. The van der Waals surface area contributed by atoms with Crippen molar-refractivity contribution >= 4 is 36.4 Å². The molecule has 2 unspecified atom stereocenters. The maximum atomic E-state index is 11.5. The molecule has 192 valence electrons. The molecular formula is C27H30ClN7O2. The number of nitrogens with zero attached hydrogens (tertiary/aromatic N) is 7. The monoisotopic (exact) mass is 519 g/mol. The van der Waals surface area contributed by atoms with Gasteiger partial charge in [-0.15, -0.1) is 0 Å². The lowest BCUT2D eigenvalue weighted by Gasteiger charge is -2.32. The highest BCUT2D eigenvalue weighted by Crippen LogP contribution is 2.41. The van der Waals surface area contributed by atoms with Crippen molar-refractivity contribution in [3.8, 4) is 11.3 Å². The number of morpholine rings is 1. The Balaban J connectivity index is 1.52. The SMILES string of the molecule is C=c1c(-c2ccc(Cl)c(C(O)C3c4ncn(C)c4N=CN3C)c2)ncn/c1=C/C(=C\C)N1CCOCC1. The van der Waals surface area contributed by atoms with Crippen LogP contribution in [-0.4, -0.2) is 74.1 Å². The minimum absolute atomic E-state index is 0.444. The summed E-state index contributed by atoms with van der Waals surface area (Å²) in [6.45, 7) is 9.38. The smallest absolute Gasteiger partial charge is 0.159 e. The van der Waals surface area contributed by atoms with Gasteiger partial charge in [0.05, 0.1) is 36.9 Å². The van der Waals surface area contributed by atoms with Gasteiger partial charge in [0.25, 0.3) is 0 Å². The topological polar surface area (TPSA) is 91.9 Å². The molecule has 37 heavy (non-hydrogen) atoms. The summed E-state index contributed by atoms with van der Waals surface area (Å²) >= 11 is 6.61. The molecule has 5 rings (SSSR count). The number of allylic oxidation sites excluding steroid dienone is 2. The average molecular weight is 520 g/mol. The van der Waals surface area contributed by atoms with Crippen LogP contribution in [0.1, 0.15) is 30.3 Å². The number of aliphatic hydroxyl groups excluding tert-OH is 1. The lowest BCUT2D eigenvalue weighted by molar-refractivity contribution is 0.0561. The van der Waals surface area contributed by atoms with E-state index >= 15 is 0 Å². The summed E-state index contributed by atoms with van der Waals surface area (Å²) in [7, 11) is 3.74. The highest BCUT2D eigenvalue weighted by atomic mass is 35.5. The third kappa shape index (κ3) is 4.77. The number of hydrogen-bond acceptors (Lipinski definition) is 8. The second-order valence-corrected chi connectivity index (χ2v) is 9.55. The zero-order chi connectivity index (χ0) is 26.1. The molecule has 1 aromatic carbocycles. The Morgan fingerprint density at radius 1 is 1.22 bits per heavy atom. The Morgan fingerprint density at radius 3 is 2.76 bits per heavy atom. The van der Waals surface area contributed by atoms with Gasteiger partial charge in [-0.1, -0.05) is 30.3 Å². The number of hydrogen-bond donors (Lipinski definition) is 1. The highest BCUT2D eigenvalue weighted by Gasteiger charge is 2.34. The fraction of sp³-hybridized carbons (Fsp3) is 0.333. The van der Waals surface area contributed by atoms with E-state index in [4.69, 9.17) is 16.3 Å². The maximum Gasteiger partial charge on any atom is 0.159 e. The van der Waals surface area contributed by atoms with Crippen LogP contribution in [0.25, 0.3) is 23.9 Å². The number of aliphatic hydroxyl groups is 1. The van der Waals surface area contributed by atoms with Crippen molar-refractivity contribution in [1.82, 2.24) is 29.3 Å². The Bertz CT molecular complexity index is 1480. The fourth-order valence-electron chi connectivity index (χ4n) is 4.80. The maximum absolute atomic E-state index is 11.5. The van der Waals surface area contributed by atoms with Gasteiger partial charge >= 0.3 is 0 Å². The molecule has 1 saturated heterocycles. The molecular weight excluding hydrogens is 490 g/mol. The van der Waals surface area contributed by atoms with Crippen LogP contribution >= 0.6 is 11.6 Å². The number of likely N-dealkylation sites (N-methyl/N-ethyl adjacent to an activating group) is 1. The molecule has 2 atom stereocenters. The molecule has 9 nitrogen and oxygen atoms in total. The van der Waals surface area contributed by atoms with Gasteiger partial charge in [-0.3, -0.25) is 0 Å². The number of aliphatic imine (C=N–C) groups is 1. The minimum atomic E-state index is -0.949. The van der Waals surface area contributed by atoms with E-state index in [1.807, 2.05) is 48.7 Å². The van der Waals surface area contributed by atoms with Crippen molar-refractivity contribution in [3.05, 3.63) is 69.5 Å². The third-order valence-electron chi connectivity index (χ3n) is 6.84. The van der Waals surface area contributed by atoms with Crippen LogP contribution in [-0.2, 0) is 11.8 Å². The summed E-state index contributed by atoms with van der Waals surface area (Å²) in [5.74, 6) is 0.713. The van der Waals surface area contributed by atoms with E-state index in [2.05, 4.69) is 37.5 Å². The summed E-state index contributed by atoms with van der Waals surface area (Å²) in [5.41, 5.74) is 3.82. The predicted octanol–water partition coefficient (Wildman–Crippen LogP) is 2.34. The zero-order valence-electron chi connectivity index (χ0n) is 21.2. The van der Waals surface area contributed by atoms with E-state index in [1.165, 1.54) is 0 Å². The number of aromatic nitrogens is 4. The predicted molar refractivity (Wildman–Crippen MR) is 145 cm³/mol. The third-order valence-corrected chi connectivity index (χ3v) is 7.18. The van der Waals surface area contributed by atoms with Gasteiger partial charge in [0.1, 0.15) is 24.2 Å². The molecule has 1 N–H and O–H groups in total. The molecule has 2 aliphatic rings. The molecule has 3 aromatic rings. The Kier molecular flexibility index (Phi) is 7.10. The number of imidazole rings is 1. The summed E-state index contributed by atoms with van der Waals surface area (Å²) < 4.78 is 7.32. The standard InChI is InChI=1S/C27H30ClN7O2/c1-5-19(35-8-10-37-11-9-35)13-22-17(2)23(30-14-29-22)18-6-7-21(28)20(12-18)26(36)25-24-27(32-16-33(25)3)34(4)15-31-24/h5-7,12-16,25-26,36H,2,8-11H2,1,3-4H3/b19-5+,22-13+. The number of rotatable bonds is 5. The van der Waals surface area contributed by atoms with Crippen molar-refractivity contribution in [3.63, 3.8) is 0 Å². The molecule has 4 heterocycles. The highest BCUT2D eigenvalue weighted by molar-refractivity contribution is 6.31. The first-order chi connectivity index (χ1) is 17.9. The van der Waals surface area contributed by atoms with Crippen LogP contribution in [0.15, 0.2) is 47.6 Å². The van der Waals surface area contributed by atoms with E-state index in [0.717, 1.165) is 29.7 Å². The summed E-state index contributed by atoms with van der Waals surface area (Å²) in [6, 6.07) is 5.09. The van der Waals surface area contributed by atoms with Crippen LogP contribution < -0.4 is 10.6 Å². The summed E-state index contributed by atoms with van der Waals surface area (Å²) in [5, 5.41) is 13.4. The van der Waals surface area contributed by atoms with Crippen molar-refractivity contribution in [1.29, 1.82) is 0 Å². The Labute approximate surface area is 220 Å². The van der Waals surface area contributed by atoms with Crippen LogP contribution in [0.5, 0.6) is 0 Å². The van der Waals surface area contributed by atoms with Crippen LogP contribution in [0, 0.1) is 0 Å². The molecule has 1 fully saturated rings. The molecule has 0 amide bonds. The zero-order valence-corrected chi connectivity index (χ0v) is 21.9. The summed E-state index contributed by atoms with van der Waals surface area (Å²) in [4.78, 5) is 22.1. The quantitative estimate of drug-likeness (QED) is 0.553. The first kappa shape index (κ1) is 25.1. The largest absolute Gasteiger partial charge is 0.386 e. The second-order valence-electron chi connectivity index (χ2n) is 9.14. The Morgan fingerprint density at radius 2 is 2.00 bits per heavy atom.